The van der Waals surface area contributed by atoms with Gasteiger partial charge in [0, 0.05) is 16.8 Å². The van der Waals surface area contributed by atoms with Gasteiger partial charge in [0.2, 0.25) is 0 Å². The first kappa shape index (κ1) is 28.8. The van der Waals surface area contributed by atoms with Crippen LogP contribution in [0.25, 0.3) is 65.7 Å². The van der Waals surface area contributed by atoms with Crippen LogP contribution >= 0.6 is 0 Å². The van der Waals surface area contributed by atoms with Crippen LogP contribution < -0.4 is 4.90 Å². The van der Waals surface area contributed by atoms with E-state index in [2.05, 4.69) is 205 Å². The van der Waals surface area contributed by atoms with Crippen molar-refractivity contribution in [3.05, 3.63) is 200 Å². The predicted octanol–water partition coefficient (Wildman–Crippen LogP) is 13.6. The highest BCUT2D eigenvalue weighted by Crippen LogP contribution is 2.44. The summed E-state index contributed by atoms with van der Waals surface area (Å²) in [6, 6.07) is 72.4. The van der Waals surface area contributed by atoms with Gasteiger partial charge in [-0.25, -0.2) is 0 Å². The molecule has 0 bridgehead atoms. The van der Waals surface area contributed by atoms with E-state index in [-0.39, 0.29) is 0 Å². The number of hydrogen-bond donors (Lipinski definition) is 0. The lowest BCUT2D eigenvalue weighted by atomic mass is 9.94. The number of hydrogen-bond acceptors (Lipinski definition) is 1. The summed E-state index contributed by atoms with van der Waals surface area (Å²) in [6.45, 7) is 0. The summed E-state index contributed by atoms with van der Waals surface area (Å²) < 4.78 is 0. The Bertz CT molecular complexity index is 2570. The third-order valence-electron chi connectivity index (χ3n) is 9.63. The van der Waals surface area contributed by atoms with Crippen LogP contribution in [0.15, 0.2) is 200 Å². The van der Waals surface area contributed by atoms with E-state index in [1.807, 2.05) is 0 Å². The van der Waals surface area contributed by atoms with Crippen molar-refractivity contribution in [1.29, 1.82) is 0 Å². The van der Waals surface area contributed by atoms with Gasteiger partial charge in [-0.3, -0.25) is 0 Å². The van der Waals surface area contributed by atoms with Gasteiger partial charge in [0.05, 0.1) is 5.69 Å². The van der Waals surface area contributed by atoms with E-state index >= 15 is 0 Å². The molecule has 0 spiro atoms. The fourth-order valence-electron chi connectivity index (χ4n) is 7.21. The third kappa shape index (κ3) is 5.32. The molecule has 0 fully saturated rings. The number of anilines is 3. The summed E-state index contributed by atoms with van der Waals surface area (Å²) in [5.74, 6) is 0. The Balaban J connectivity index is 1.21. The summed E-state index contributed by atoms with van der Waals surface area (Å²) in [5.41, 5.74) is 10.6. The first-order valence-electron chi connectivity index (χ1n) is 16.8. The highest BCUT2D eigenvalue weighted by molar-refractivity contribution is 6.23. The van der Waals surface area contributed by atoms with Gasteiger partial charge in [-0.1, -0.05) is 170 Å². The van der Waals surface area contributed by atoms with Crippen LogP contribution in [0.3, 0.4) is 0 Å². The first-order chi connectivity index (χ1) is 24.3. The molecule has 1 nitrogen and oxygen atoms in total. The molecule has 0 aliphatic heterocycles. The summed E-state index contributed by atoms with van der Waals surface area (Å²) in [4.78, 5) is 2.42. The maximum Gasteiger partial charge on any atom is 0.0546 e. The molecule has 0 saturated heterocycles. The van der Waals surface area contributed by atoms with E-state index in [0.717, 1.165) is 17.1 Å². The number of benzene rings is 9. The van der Waals surface area contributed by atoms with E-state index < -0.39 is 0 Å². The van der Waals surface area contributed by atoms with Gasteiger partial charge >= 0.3 is 0 Å². The highest BCUT2D eigenvalue weighted by atomic mass is 15.1. The minimum absolute atomic E-state index is 1.11. The van der Waals surface area contributed by atoms with Crippen molar-refractivity contribution < 1.29 is 0 Å². The molecule has 0 atom stereocenters. The van der Waals surface area contributed by atoms with Crippen molar-refractivity contribution in [2.45, 2.75) is 0 Å². The van der Waals surface area contributed by atoms with E-state index in [9.17, 15) is 0 Å². The molecule has 0 N–H and O–H groups in total. The van der Waals surface area contributed by atoms with Crippen LogP contribution in [0.1, 0.15) is 0 Å². The lowest BCUT2D eigenvalue weighted by molar-refractivity contribution is 1.30. The number of fused-ring (bicyclic) bond motifs is 5. The second kappa shape index (κ2) is 12.3. The van der Waals surface area contributed by atoms with E-state index in [0.29, 0.717) is 0 Å². The third-order valence-corrected chi connectivity index (χ3v) is 9.63. The molecule has 9 aromatic carbocycles. The Morgan fingerprint density at radius 1 is 0.265 bits per heavy atom. The van der Waals surface area contributed by atoms with Crippen LogP contribution in [0, 0.1) is 0 Å². The standard InChI is InChI=1S/C48H33N/c1-3-12-34(13-4-1)36-22-24-37(25-23-36)38-28-30-42(31-29-38)49(43-18-11-17-40(32-43)35-14-5-2-6-15-35)47-33-41-27-26-39-16-7-8-19-44(39)48(41)46-21-10-9-20-45(46)47/h1-33H. The number of rotatable bonds is 6. The lowest BCUT2D eigenvalue weighted by Crippen LogP contribution is -2.11. The smallest absolute Gasteiger partial charge is 0.0546 e. The normalized spacial score (nSPS) is 11.3. The zero-order valence-corrected chi connectivity index (χ0v) is 27.0. The van der Waals surface area contributed by atoms with Crippen molar-refractivity contribution in [3.8, 4) is 33.4 Å². The predicted molar refractivity (Wildman–Crippen MR) is 210 cm³/mol. The van der Waals surface area contributed by atoms with Crippen molar-refractivity contribution >= 4 is 49.4 Å². The molecular formula is C48H33N. The SMILES string of the molecule is c1ccc(-c2ccc(-c3ccc(N(c4cccc(-c5ccccc5)c4)c4cc5ccc6ccccc6c5c5ccccc45)cc3)cc2)cc1. The fraction of sp³-hybridized carbons (Fsp3) is 0. The zero-order chi connectivity index (χ0) is 32.6. The van der Waals surface area contributed by atoms with Crippen molar-refractivity contribution in [1.82, 2.24) is 0 Å². The highest BCUT2D eigenvalue weighted by Gasteiger charge is 2.19. The van der Waals surface area contributed by atoms with Gasteiger partial charge in [-0.2, -0.15) is 0 Å². The average Bonchev–Trinajstić information content (AvgIpc) is 3.19. The molecule has 0 heterocycles. The Morgan fingerprint density at radius 2 is 0.755 bits per heavy atom. The molecule has 1 heteroatoms. The molecule has 0 radical (unpaired) electrons. The van der Waals surface area contributed by atoms with E-state index in [1.165, 1.54) is 65.7 Å². The molecule has 0 aliphatic carbocycles. The summed E-state index contributed by atoms with van der Waals surface area (Å²) in [7, 11) is 0. The quantitative estimate of drug-likeness (QED) is 0.167. The maximum atomic E-state index is 2.42. The summed E-state index contributed by atoms with van der Waals surface area (Å²) >= 11 is 0. The fourth-order valence-corrected chi connectivity index (χ4v) is 7.21. The molecule has 0 unspecified atom stereocenters. The second-order valence-corrected chi connectivity index (χ2v) is 12.6. The van der Waals surface area contributed by atoms with Gasteiger partial charge < -0.3 is 4.90 Å². The number of nitrogens with zero attached hydrogens (tertiary/aromatic N) is 1. The molecule has 230 valence electrons. The van der Waals surface area contributed by atoms with Crippen LogP contribution in [0.4, 0.5) is 17.1 Å². The molecule has 0 aromatic heterocycles. The van der Waals surface area contributed by atoms with Gasteiger partial charge in [0.15, 0.2) is 0 Å². The molecule has 9 aromatic rings. The average molecular weight is 624 g/mol. The van der Waals surface area contributed by atoms with Crippen LogP contribution in [-0.2, 0) is 0 Å². The topological polar surface area (TPSA) is 3.24 Å². The van der Waals surface area contributed by atoms with Gasteiger partial charge in [-0.15, -0.1) is 0 Å². The van der Waals surface area contributed by atoms with Gasteiger partial charge in [0.1, 0.15) is 0 Å². The minimum atomic E-state index is 1.11. The van der Waals surface area contributed by atoms with Crippen LogP contribution in [0.2, 0.25) is 0 Å². The molecule has 49 heavy (non-hydrogen) atoms. The Kier molecular flexibility index (Phi) is 7.22. The maximum absolute atomic E-state index is 2.42. The van der Waals surface area contributed by atoms with E-state index in [1.54, 1.807) is 0 Å². The summed E-state index contributed by atoms with van der Waals surface area (Å²) in [6.07, 6.45) is 0. The van der Waals surface area contributed by atoms with Crippen molar-refractivity contribution in [2.24, 2.45) is 0 Å². The van der Waals surface area contributed by atoms with Crippen LogP contribution in [0.5, 0.6) is 0 Å². The molecule has 0 aliphatic rings. The van der Waals surface area contributed by atoms with Crippen molar-refractivity contribution in [3.63, 3.8) is 0 Å². The van der Waals surface area contributed by atoms with Gasteiger partial charge in [-0.05, 0) is 90.6 Å². The van der Waals surface area contributed by atoms with Gasteiger partial charge in [0.25, 0.3) is 0 Å². The molecular weight excluding hydrogens is 591 g/mol. The molecule has 9 rings (SSSR count). The van der Waals surface area contributed by atoms with Crippen LogP contribution in [-0.4, -0.2) is 0 Å². The lowest BCUT2D eigenvalue weighted by Gasteiger charge is -2.28. The monoisotopic (exact) mass is 623 g/mol. The largest absolute Gasteiger partial charge is 0.310 e. The first-order valence-corrected chi connectivity index (χ1v) is 16.8. The minimum Gasteiger partial charge on any atom is -0.310 e. The molecule has 0 saturated carbocycles. The summed E-state index contributed by atoms with van der Waals surface area (Å²) in [5, 5.41) is 7.54. The second-order valence-electron chi connectivity index (χ2n) is 12.6. The Morgan fingerprint density at radius 3 is 1.43 bits per heavy atom. The van der Waals surface area contributed by atoms with E-state index in [4.69, 9.17) is 0 Å². The van der Waals surface area contributed by atoms with Crippen molar-refractivity contribution in [2.75, 3.05) is 4.90 Å². The zero-order valence-electron chi connectivity index (χ0n) is 27.0. The Labute approximate surface area is 287 Å². The Hall–Kier alpha value is -6.44. The molecule has 0 amide bonds.